The SMILES string of the molecule is CC(=O)c1c[nH]c(C(=O)NC2CCN(C)CC2)c1. The number of Topliss-reactive ketones (excluding diaryl/α,β-unsaturated/α-hetero) is 1. The quantitative estimate of drug-likeness (QED) is 0.787. The standard InChI is InChI=1S/C13H19N3O2/c1-9(17)10-7-12(14-8-10)13(18)15-11-3-5-16(2)6-4-11/h7-8,11,14H,3-6H2,1-2H3,(H,15,18). The predicted molar refractivity (Wildman–Crippen MR) is 68.8 cm³/mol. The monoisotopic (exact) mass is 249 g/mol. The summed E-state index contributed by atoms with van der Waals surface area (Å²) in [7, 11) is 2.09. The third-order valence-electron chi connectivity index (χ3n) is 3.39. The van der Waals surface area contributed by atoms with Crippen molar-refractivity contribution < 1.29 is 9.59 Å². The van der Waals surface area contributed by atoms with Gasteiger partial charge in [0.1, 0.15) is 5.69 Å². The zero-order valence-corrected chi connectivity index (χ0v) is 10.8. The van der Waals surface area contributed by atoms with E-state index in [1.165, 1.54) is 6.92 Å². The van der Waals surface area contributed by atoms with E-state index in [0.29, 0.717) is 11.3 Å². The molecule has 5 heteroatoms. The molecule has 2 rings (SSSR count). The number of nitrogens with one attached hydrogen (secondary N) is 2. The molecule has 1 aliphatic rings. The topological polar surface area (TPSA) is 65.2 Å². The van der Waals surface area contributed by atoms with Crippen LogP contribution in [0.4, 0.5) is 0 Å². The number of amides is 1. The smallest absolute Gasteiger partial charge is 0.267 e. The van der Waals surface area contributed by atoms with Crippen LogP contribution in [0.25, 0.3) is 0 Å². The van der Waals surface area contributed by atoms with Crippen molar-refractivity contribution in [2.45, 2.75) is 25.8 Å². The van der Waals surface area contributed by atoms with Gasteiger partial charge in [-0.1, -0.05) is 0 Å². The lowest BCUT2D eigenvalue weighted by Crippen LogP contribution is -2.43. The molecule has 2 N–H and O–H groups in total. The van der Waals surface area contributed by atoms with Crippen LogP contribution in [0, 0.1) is 0 Å². The van der Waals surface area contributed by atoms with Gasteiger partial charge in [-0.3, -0.25) is 9.59 Å². The number of hydrogen-bond donors (Lipinski definition) is 2. The van der Waals surface area contributed by atoms with Crippen LogP contribution in [0.3, 0.4) is 0 Å². The average Bonchev–Trinajstić information content (AvgIpc) is 2.81. The molecule has 1 aromatic heterocycles. The van der Waals surface area contributed by atoms with E-state index < -0.39 is 0 Å². The maximum Gasteiger partial charge on any atom is 0.267 e. The number of aromatic amines is 1. The minimum Gasteiger partial charge on any atom is -0.356 e. The van der Waals surface area contributed by atoms with Gasteiger partial charge in [-0.05, 0) is 46.0 Å². The second-order valence-electron chi connectivity index (χ2n) is 4.91. The molecule has 1 fully saturated rings. The van der Waals surface area contributed by atoms with Crippen molar-refractivity contribution in [2.75, 3.05) is 20.1 Å². The molecule has 1 amide bonds. The molecule has 18 heavy (non-hydrogen) atoms. The fourth-order valence-electron chi connectivity index (χ4n) is 2.14. The first-order chi connectivity index (χ1) is 8.56. The van der Waals surface area contributed by atoms with Gasteiger partial charge in [-0.2, -0.15) is 0 Å². The van der Waals surface area contributed by atoms with Crippen molar-refractivity contribution in [3.63, 3.8) is 0 Å². The molecule has 1 saturated heterocycles. The van der Waals surface area contributed by atoms with Crippen LogP contribution in [0.5, 0.6) is 0 Å². The maximum absolute atomic E-state index is 12.0. The van der Waals surface area contributed by atoms with Crippen LogP contribution >= 0.6 is 0 Å². The van der Waals surface area contributed by atoms with E-state index in [0.717, 1.165) is 25.9 Å². The number of rotatable bonds is 3. The van der Waals surface area contributed by atoms with E-state index in [4.69, 9.17) is 0 Å². The molecule has 0 saturated carbocycles. The lowest BCUT2D eigenvalue weighted by Gasteiger charge is -2.29. The summed E-state index contributed by atoms with van der Waals surface area (Å²) in [6.45, 7) is 3.50. The fraction of sp³-hybridized carbons (Fsp3) is 0.538. The van der Waals surface area contributed by atoms with E-state index in [1.807, 2.05) is 0 Å². The van der Waals surface area contributed by atoms with Crippen molar-refractivity contribution >= 4 is 11.7 Å². The first-order valence-electron chi connectivity index (χ1n) is 6.25. The van der Waals surface area contributed by atoms with Crippen LogP contribution in [-0.4, -0.2) is 47.8 Å². The average molecular weight is 249 g/mol. The molecular weight excluding hydrogens is 230 g/mol. The Morgan fingerprint density at radius 3 is 2.61 bits per heavy atom. The van der Waals surface area contributed by atoms with Crippen LogP contribution in [0.2, 0.25) is 0 Å². The third kappa shape index (κ3) is 2.98. The number of H-pyrrole nitrogens is 1. The number of hydrogen-bond acceptors (Lipinski definition) is 3. The Balaban J connectivity index is 1.93. The predicted octanol–water partition coefficient (Wildman–Crippen LogP) is 1.04. The summed E-state index contributed by atoms with van der Waals surface area (Å²) < 4.78 is 0. The van der Waals surface area contributed by atoms with Gasteiger partial charge < -0.3 is 15.2 Å². The number of likely N-dealkylation sites (tertiary alicyclic amines) is 1. The summed E-state index contributed by atoms with van der Waals surface area (Å²) >= 11 is 0. The highest BCUT2D eigenvalue weighted by molar-refractivity contribution is 5.99. The van der Waals surface area contributed by atoms with Gasteiger partial charge in [0.15, 0.2) is 5.78 Å². The molecule has 0 atom stereocenters. The molecule has 1 aliphatic heterocycles. The number of piperidine rings is 1. The number of carbonyl (C=O) groups is 2. The zero-order chi connectivity index (χ0) is 13.1. The minimum atomic E-state index is -0.128. The molecule has 5 nitrogen and oxygen atoms in total. The first-order valence-corrected chi connectivity index (χ1v) is 6.25. The van der Waals surface area contributed by atoms with Gasteiger partial charge in [0.05, 0.1) is 0 Å². The summed E-state index contributed by atoms with van der Waals surface area (Å²) in [5, 5.41) is 3.00. The minimum absolute atomic E-state index is 0.0374. The second-order valence-corrected chi connectivity index (χ2v) is 4.91. The third-order valence-corrected chi connectivity index (χ3v) is 3.39. The van der Waals surface area contributed by atoms with Gasteiger partial charge in [0.25, 0.3) is 5.91 Å². The van der Waals surface area contributed by atoms with E-state index in [1.54, 1.807) is 12.3 Å². The molecule has 0 aromatic carbocycles. The van der Waals surface area contributed by atoms with Gasteiger partial charge in [-0.25, -0.2) is 0 Å². The van der Waals surface area contributed by atoms with Crippen LogP contribution in [0.15, 0.2) is 12.3 Å². The highest BCUT2D eigenvalue weighted by Gasteiger charge is 2.19. The molecule has 2 heterocycles. The molecular formula is C13H19N3O2. The normalized spacial score (nSPS) is 17.7. The van der Waals surface area contributed by atoms with E-state index in [9.17, 15) is 9.59 Å². The molecule has 98 valence electrons. The van der Waals surface area contributed by atoms with Crippen LogP contribution in [-0.2, 0) is 0 Å². The Labute approximate surface area is 107 Å². The van der Waals surface area contributed by atoms with Crippen LogP contribution in [0.1, 0.15) is 40.6 Å². The molecule has 1 aromatic rings. The van der Waals surface area contributed by atoms with Crippen LogP contribution < -0.4 is 5.32 Å². The number of nitrogens with zero attached hydrogens (tertiary/aromatic N) is 1. The summed E-state index contributed by atoms with van der Waals surface area (Å²) in [4.78, 5) is 28.2. The summed E-state index contributed by atoms with van der Waals surface area (Å²) in [5.41, 5.74) is 1.00. The summed E-state index contributed by atoms with van der Waals surface area (Å²) in [6.07, 6.45) is 3.52. The van der Waals surface area contributed by atoms with Crippen molar-refractivity contribution in [3.8, 4) is 0 Å². The highest BCUT2D eigenvalue weighted by atomic mass is 16.2. The Bertz CT molecular complexity index is 445. The second kappa shape index (κ2) is 5.35. The zero-order valence-electron chi connectivity index (χ0n) is 10.8. The van der Waals surface area contributed by atoms with Crippen molar-refractivity contribution in [3.05, 3.63) is 23.5 Å². The Morgan fingerprint density at radius 2 is 2.06 bits per heavy atom. The maximum atomic E-state index is 12.0. The molecule has 0 radical (unpaired) electrons. The number of ketones is 1. The van der Waals surface area contributed by atoms with Crippen molar-refractivity contribution in [1.82, 2.24) is 15.2 Å². The Hall–Kier alpha value is -1.62. The molecule has 0 unspecified atom stereocenters. The van der Waals surface area contributed by atoms with Gasteiger partial charge >= 0.3 is 0 Å². The molecule has 0 spiro atoms. The van der Waals surface area contributed by atoms with E-state index in [2.05, 4.69) is 22.2 Å². The molecule has 0 bridgehead atoms. The van der Waals surface area contributed by atoms with Gasteiger partial charge in [0, 0.05) is 17.8 Å². The first kappa shape index (κ1) is 12.8. The summed E-state index contributed by atoms with van der Waals surface area (Å²) in [6, 6.07) is 1.84. The van der Waals surface area contributed by atoms with E-state index in [-0.39, 0.29) is 17.7 Å². The van der Waals surface area contributed by atoms with Crippen molar-refractivity contribution in [2.24, 2.45) is 0 Å². The number of carbonyl (C=O) groups excluding carboxylic acids is 2. The van der Waals surface area contributed by atoms with Crippen molar-refractivity contribution in [1.29, 1.82) is 0 Å². The Kier molecular flexibility index (Phi) is 3.81. The van der Waals surface area contributed by atoms with Gasteiger partial charge in [-0.15, -0.1) is 0 Å². The Morgan fingerprint density at radius 1 is 1.39 bits per heavy atom. The van der Waals surface area contributed by atoms with Gasteiger partial charge in [0.2, 0.25) is 0 Å². The lowest BCUT2D eigenvalue weighted by molar-refractivity contribution is 0.0912. The number of aromatic nitrogens is 1. The highest BCUT2D eigenvalue weighted by Crippen LogP contribution is 2.10. The molecule has 0 aliphatic carbocycles. The summed E-state index contributed by atoms with van der Waals surface area (Å²) in [5.74, 6) is -0.165. The lowest BCUT2D eigenvalue weighted by atomic mass is 10.1. The fourth-order valence-corrected chi connectivity index (χ4v) is 2.14. The largest absolute Gasteiger partial charge is 0.356 e. The van der Waals surface area contributed by atoms with E-state index >= 15 is 0 Å².